The van der Waals surface area contributed by atoms with Gasteiger partial charge in [0.1, 0.15) is 35.5 Å². The lowest BCUT2D eigenvalue weighted by Gasteiger charge is -2.44. The molecular formula is C43H58BFN2O14. The van der Waals surface area contributed by atoms with Gasteiger partial charge in [-0.25, -0.2) is 9.59 Å². The number of esters is 1. The van der Waals surface area contributed by atoms with E-state index in [0.29, 0.717) is 22.3 Å². The van der Waals surface area contributed by atoms with Crippen molar-refractivity contribution in [2.75, 3.05) is 24.4 Å². The highest BCUT2D eigenvalue weighted by Crippen LogP contribution is 2.38. The van der Waals surface area contributed by atoms with Gasteiger partial charge in [0, 0.05) is 58.8 Å². The molecule has 0 amide bonds. The first-order chi connectivity index (χ1) is 29.1. The quantitative estimate of drug-likeness (QED) is 0.0843. The van der Waals surface area contributed by atoms with E-state index in [0.717, 1.165) is 28.4 Å². The van der Waals surface area contributed by atoms with Crippen molar-refractivity contribution in [2.45, 2.75) is 129 Å². The number of aryl methyl sites for hydroxylation is 1. The van der Waals surface area contributed by atoms with E-state index in [1.165, 1.54) is 19.1 Å². The lowest BCUT2D eigenvalue weighted by Crippen LogP contribution is -2.61. The second-order valence-electron chi connectivity index (χ2n) is 16.6. The number of aliphatic hydroxyl groups excluding tert-OH is 4. The zero-order valence-electron chi connectivity index (χ0n) is 36.8. The van der Waals surface area contributed by atoms with Crippen molar-refractivity contribution in [1.29, 1.82) is 0 Å². The molecule has 10 atom stereocenters. The van der Waals surface area contributed by atoms with Crippen LogP contribution < -0.4 is 27.3 Å². The highest BCUT2D eigenvalue weighted by atomic mass is 19.1. The summed E-state index contributed by atoms with van der Waals surface area (Å²) in [5.74, 6) is 0.0319. The predicted octanol–water partition coefficient (Wildman–Crippen LogP) is 3.74. The van der Waals surface area contributed by atoms with Crippen LogP contribution in [0.3, 0.4) is 0 Å². The van der Waals surface area contributed by atoms with Crippen molar-refractivity contribution in [2.24, 2.45) is 11.8 Å². The van der Waals surface area contributed by atoms with E-state index in [1.54, 1.807) is 31.2 Å². The van der Waals surface area contributed by atoms with E-state index < -0.39 is 86.2 Å². The molecule has 16 nitrogen and oxygen atoms in total. The first-order valence-corrected chi connectivity index (χ1v) is 20.1. The Kier molecular flexibility index (Phi) is 14.6. The van der Waals surface area contributed by atoms with Crippen LogP contribution in [0.2, 0.25) is 0 Å². The van der Waals surface area contributed by atoms with Gasteiger partial charge < -0.3 is 63.4 Å². The molecule has 6 unspecified atom stereocenters. The second kappa shape index (κ2) is 19.3. The third-order valence-corrected chi connectivity index (χ3v) is 12.1. The molecule has 4 aromatic rings. The molecule has 3 aliphatic rings. The Morgan fingerprint density at radius 1 is 0.836 bits per heavy atom. The Balaban J connectivity index is 0.000000234. The maximum atomic E-state index is 12.4. The molecule has 6 N–H and O–H groups in total. The molecule has 0 saturated carbocycles. The average Bonchev–Trinajstić information content (AvgIpc) is 3.42. The van der Waals surface area contributed by atoms with Crippen LogP contribution in [0.15, 0.2) is 67.0 Å². The third-order valence-electron chi connectivity index (χ3n) is 12.1. The monoisotopic (exact) mass is 856 g/mol. The van der Waals surface area contributed by atoms with E-state index in [9.17, 15) is 34.1 Å². The average molecular weight is 857 g/mol. The van der Waals surface area contributed by atoms with Gasteiger partial charge in [-0.3, -0.25) is 9.18 Å². The van der Waals surface area contributed by atoms with Gasteiger partial charge >= 0.3 is 24.3 Å². The Morgan fingerprint density at radius 2 is 1.38 bits per heavy atom. The summed E-state index contributed by atoms with van der Waals surface area (Å²) in [5, 5.41) is 46.9. The second-order valence-corrected chi connectivity index (χ2v) is 16.6. The van der Waals surface area contributed by atoms with Crippen LogP contribution in [-0.2, 0) is 28.3 Å². The summed E-state index contributed by atoms with van der Waals surface area (Å²) in [4.78, 5) is 35.7. The molecule has 7 rings (SSSR count). The molecule has 2 aromatic heterocycles. The van der Waals surface area contributed by atoms with E-state index in [-0.39, 0.29) is 24.0 Å². The molecule has 334 valence electrons. The van der Waals surface area contributed by atoms with Crippen LogP contribution in [0.4, 0.5) is 15.8 Å². The van der Waals surface area contributed by atoms with Gasteiger partial charge in [0.15, 0.2) is 6.29 Å². The van der Waals surface area contributed by atoms with Crippen molar-refractivity contribution < 1.29 is 63.3 Å². The molecule has 61 heavy (non-hydrogen) atoms. The lowest BCUT2D eigenvalue weighted by molar-refractivity contribution is -0.245. The van der Waals surface area contributed by atoms with Crippen LogP contribution >= 0.6 is 0 Å². The summed E-state index contributed by atoms with van der Waals surface area (Å²) in [6, 6.07) is 12.1. The number of carbonyl (C=O) groups excluding carboxylic acids is 1. The maximum Gasteiger partial charge on any atom is 0.495 e. The van der Waals surface area contributed by atoms with Crippen molar-refractivity contribution in [1.82, 2.24) is 0 Å². The van der Waals surface area contributed by atoms with Crippen molar-refractivity contribution in [3.63, 3.8) is 0 Å². The highest BCUT2D eigenvalue weighted by molar-refractivity contribution is 6.65. The van der Waals surface area contributed by atoms with E-state index in [4.69, 9.17) is 38.8 Å². The molecule has 0 spiro atoms. The predicted molar refractivity (Wildman–Crippen MR) is 226 cm³/mol. The molecule has 2 aromatic carbocycles. The van der Waals surface area contributed by atoms with Gasteiger partial charge in [-0.15, -0.1) is 0 Å². The minimum absolute atomic E-state index is 0.00416. The number of aliphatic hydroxyl groups is 4. The van der Waals surface area contributed by atoms with Gasteiger partial charge in [0.25, 0.3) is 0 Å². The Labute approximate surface area is 354 Å². The first kappa shape index (κ1) is 46.1. The van der Waals surface area contributed by atoms with Crippen LogP contribution in [0.25, 0.3) is 21.9 Å². The molecule has 18 heteroatoms. The Hall–Kier alpha value is -4.40. The number of hydrogen-bond donors (Lipinski definition) is 6. The fourth-order valence-electron chi connectivity index (χ4n) is 7.72. The smallest absolute Gasteiger partial charge is 0.434 e. The summed E-state index contributed by atoms with van der Waals surface area (Å²) in [6.45, 7) is 16.9. The lowest BCUT2D eigenvalue weighted by atomic mass is 9.77. The SMILES string of the molecule is CCC1OC(OC(C)=O)[C@@H](Nc2ccc3c(B4OC(C)(C)C(C)(C)O4)cc(=O)oc3c2)C(C)[C@@H]1C.[11CH3]c1cc(=O)oc2cc(N[C@@H]3C(O)OC(CO)[C@@H](O)C3O)ccc12.[2H]CF. The molecule has 5 heterocycles. The topological polar surface area (TPSA) is 229 Å². The number of rotatable bonds is 8. The van der Waals surface area contributed by atoms with Gasteiger partial charge in [-0.05, 0) is 82.7 Å². The number of anilines is 2. The first-order valence-electron chi connectivity index (χ1n) is 20.8. The number of carbonyl (C=O) groups is 1. The molecule has 0 radical (unpaired) electrons. The number of ether oxygens (including phenoxy) is 3. The van der Waals surface area contributed by atoms with Crippen molar-refractivity contribution in [3.8, 4) is 0 Å². The summed E-state index contributed by atoms with van der Waals surface area (Å²) in [5.41, 5.74) is 1.37. The summed E-state index contributed by atoms with van der Waals surface area (Å²) in [6.07, 6.45) is -5.08. The molecule has 0 aliphatic carbocycles. The summed E-state index contributed by atoms with van der Waals surface area (Å²) < 4.78 is 55.3. The molecular weight excluding hydrogens is 797 g/mol. The summed E-state index contributed by atoms with van der Waals surface area (Å²) in [7, 11) is -1.68. The van der Waals surface area contributed by atoms with Crippen LogP contribution in [-0.4, -0.2) is 108 Å². The van der Waals surface area contributed by atoms with E-state index >= 15 is 0 Å². The summed E-state index contributed by atoms with van der Waals surface area (Å²) >= 11 is 0. The van der Waals surface area contributed by atoms with Gasteiger partial charge in [0.05, 0.1) is 38.5 Å². The molecule has 3 saturated heterocycles. The Bertz CT molecular complexity index is 2280. The van der Waals surface area contributed by atoms with Gasteiger partial charge in [0.2, 0.25) is 6.29 Å². The van der Waals surface area contributed by atoms with E-state index in [1.807, 2.05) is 39.8 Å². The fourth-order valence-corrected chi connectivity index (χ4v) is 7.72. The van der Waals surface area contributed by atoms with Crippen molar-refractivity contribution >= 4 is 51.9 Å². The number of nitrogens with one attached hydrogen (secondary N) is 2. The minimum atomic E-state index is -1.43. The number of benzene rings is 2. The molecule has 3 fully saturated rings. The molecule has 0 bridgehead atoms. The van der Waals surface area contributed by atoms with Gasteiger partial charge in [-0.1, -0.05) is 20.8 Å². The number of hydrogen-bond acceptors (Lipinski definition) is 16. The zero-order chi connectivity index (χ0) is 45.8. The fraction of sp³-hybridized carbons (Fsp3) is 0.558. The van der Waals surface area contributed by atoms with Crippen LogP contribution in [0.5, 0.6) is 0 Å². The van der Waals surface area contributed by atoms with E-state index in [2.05, 4.69) is 31.4 Å². The van der Waals surface area contributed by atoms with Crippen LogP contribution in [0, 0.1) is 18.8 Å². The van der Waals surface area contributed by atoms with Crippen LogP contribution in [0.1, 0.15) is 68.7 Å². The largest absolute Gasteiger partial charge is 0.495 e. The maximum absolute atomic E-state index is 12.4. The third kappa shape index (κ3) is 10.3. The zero-order valence-corrected chi connectivity index (χ0v) is 35.8. The number of halogens is 1. The Morgan fingerprint density at radius 3 is 1.93 bits per heavy atom. The standard InChI is InChI=1S/C26H36BNO7.C16H19NO7.CH3F/c1-9-20-14(2)15(3)23(24(33-20)31-16(4)29)28-17-10-11-18-19(13-22(30)32-21(18)12-17)27-34-25(5,6)26(7,8)35-27;1-7-4-12(19)23-10-5-8(2-3-9(7)10)17-13-15(21)14(20)11(6-18)24-16(13)22;1-2/h10-15,20,23-24,28H,9H2,1-8H3;2-5,11,13-18,20-22H,6H2,1H3;1H3/t14-,15?,20?,23-,24?;11?,13-,14+,15?,16?;/m00./s1/i;1-1;1D. The number of alkyl halides is 1. The molecule has 3 aliphatic heterocycles. The minimum Gasteiger partial charge on any atom is -0.434 e. The van der Waals surface area contributed by atoms with Crippen molar-refractivity contribution in [3.05, 3.63) is 74.9 Å². The normalized spacial score (nSPS) is 29.4. The highest BCUT2D eigenvalue weighted by Gasteiger charge is 2.52. The number of fused-ring (bicyclic) bond motifs is 2. The van der Waals surface area contributed by atoms with Gasteiger partial charge in [-0.2, -0.15) is 0 Å².